The molecule has 17 heavy (non-hydrogen) atoms. The number of carbonyl (C=O) groups excluding carboxylic acids is 1. The minimum atomic E-state index is -0.600. The van der Waals surface area contributed by atoms with Gasteiger partial charge in [0.15, 0.2) is 5.79 Å². The topological polar surface area (TPSA) is 57.9 Å². The zero-order valence-corrected chi connectivity index (χ0v) is 10.2. The monoisotopic (exact) mass is 240 g/mol. The van der Waals surface area contributed by atoms with Crippen molar-refractivity contribution in [2.45, 2.75) is 32.7 Å². The number of esters is 1. The van der Waals surface area contributed by atoms with Crippen LogP contribution in [0.5, 0.6) is 0 Å². The van der Waals surface area contributed by atoms with Gasteiger partial charge in [-0.15, -0.1) is 0 Å². The average molecular weight is 240 g/mol. The molecular formula is C12H16O5. The van der Waals surface area contributed by atoms with Gasteiger partial charge in [-0.1, -0.05) is 0 Å². The lowest BCUT2D eigenvalue weighted by Gasteiger charge is -2.16. The number of rotatable bonds is 3. The van der Waals surface area contributed by atoms with Crippen molar-refractivity contribution in [2.75, 3.05) is 13.2 Å². The first-order valence-corrected chi connectivity index (χ1v) is 5.51. The minimum Gasteiger partial charge on any atom is -0.457 e. The molecule has 0 aromatic carbocycles. The first-order chi connectivity index (χ1) is 7.98. The molecule has 0 aliphatic carbocycles. The SMILES string of the molecule is Cc1ccoc1C(=O)OC[C@H]1COC(C)(C)O1. The number of hydrogen-bond donors (Lipinski definition) is 0. The largest absolute Gasteiger partial charge is 0.457 e. The third-order valence-electron chi connectivity index (χ3n) is 2.52. The standard InChI is InChI=1S/C12H16O5/c1-8-4-5-14-10(8)11(13)15-6-9-7-16-12(2,3)17-9/h4-5,9H,6-7H2,1-3H3/t9-/m0/s1. The summed E-state index contributed by atoms with van der Waals surface area (Å²) in [6.45, 7) is 6.04. The Hall–Kier alpha value is -1.33. The van der Waals surface area contributed by atoms with E-state index in [0.717, 1.165) is 5.56 Å². The van der Waals surface area contributed by atoms with Crippen LogP contribution in [0, 0.1) is 6.92 Å². The molecule has 0 bridgehead atoms. The van der Waals surface area contributed by atoms with Crippen LogP contribution in [0.2, 0.25) is 0 Å². The first-order valence-electron chi connectivity index (χ1n) is 5.51. The smallest absolute Gasteiger partial charge is 0.374 e. The van der Waals surface area contributed by atoms with Gasteiger partial charge in [0.05, 0.1) is 12.9 Å². The molecule has 94 valence electrons. The molecule has 1 aliphatic heterocycles. The fourth-order valence-electron chi connectivity index (χ4n) is 1.66. The summed E-state index contributed by atoms with van der Waals surface area (Å²) >= 11 is 0. The molecule has 1 fully saturated rings. The van der Waals surface area contributed by atoms with Crippen molar-refractivity contribution in [3.05, 3.63) is 23.7 Å². The summed E-state index contributed by atoms with van der Waals surface area (Å²) in [4.78, 5) is 11.6. The van der Waals surface area contributed by atoms with Gasteiger partial charge in [-0.05, 0) is 26.8 Å². The summed E-state index contributed by atoms with van der Waals surface area (Å²) in [5.74, 6) is -0.832. The zero-order valence-electron chi connectivity index (χ0n) is 10.2. The van der Waals surface area contributed by atoms with Crippen molar-refractivity contribution < 1.29 is 23.4 Å². The van der Waals surface area contributed by atoms with E-state index in [9.17, 15) is 4.79 Å². The summed E-state index contributed by atoms with van der Waals surface area (Å²) in [7, 11) is 0. The quantitative estimate of drug-likeness (QED) is 0.755. The molecule has 5 heteroatoms. The number of ether oxygens (including phenoxy) is 3. The molecule has 1 atom stereocenters. The fraction of sp³-hybridized carbons (Fsp3) is 0.583. The van der Waals surface area contributed by atoms with Crippen LogP contribution in [0.1, 0.15) is 30.0 Å². The van der Waals surface area contributed by atoms with Crippen molar-refractivity contribution in [1.29, 1.82) is 0 Å². The number of furan rings is 1. The summed E-state index contributed by atoms with van der Waals surface area (Å²) < 4.78 is 21.0. The Labute approximate surface area is 99.6 Å². The molecule has 1 aromatic heterocycles. The van der Waals surface area contributed by atoms with Crippen molar-refractivity contribution in [3.63, 3.8) is 0 Å². The highest BCUT2D eigenvalue weighted by Crippen LogP contribution is 2.22. The Morgan fingerprint density at radius 2 is 2.35 bits per heavy atom. The van der Waals surface area contributed by atoms with Crippen molar-refractivity contribution in [2.24, 2.45) is 0 Å². The molecule has 0 N–H and O–H groups in total. The zero-order chi connectivity index (χ0) is 12.5. The maximum absolute atomic E-state index is 11.6. The van der Waals surface area contributed by atoms with Crippen molar-refractivity contribution in [3.8, 4) is 0 Å². The van der Waals surface area contributed by atoms with Crippen LogP contribution >= 0.6 is 0 Å². The van der Waals surface area contributed by atoms with Crippen LogP contribution < -0.4 is 0 Å². The molecule has 0 unspecified atom stereocenters. The van der Waals surface area contributed by atoms with E-state index in [4.69, 9.17) is 18.6 Å². The number of carbonyl (C=O) groups is 1. The van der Waals surface area contributed by atoms with Crippen molar-refractivity contribution in [1.82, 2.24) is 0 Å². The second-order valence-corrected chi connectivity index (χ2v) is 4.48. The van der Waals surface area contributed by atoms with E-state index in [1.54, 1.807) is 13.0 Å². The molecular weight excluding hydrogens is 224 g/mol. The van der Waals surface area contributed by atoms with Crippen LogP contribution in [0.25, 0.3) is 0 Å². The van der Waals surface area contributed by atoms with Crippen molar-refractivity contribution >= 4 is 5.97 Å². The Morgan fingerprint density at radius 3 is 2.88 bits per heavy atom. The van der Waals surface area contributed by atoms with Crippen LogP contribution in [-0.4, -0.2) is 31.1 Å². The van der Waals surface area contributed by atoms with Gasteiger partial charge < -0.3 is 18.6 Å². The normalized spacial score (nSPS) is 22.6. The van der Waals surface area contributed by atoms with E-state index in [-0.39, 0.29) is 18.5 Å². The lowest BCUT2D eigenvalue weighted by atomic mass is 10.3. The minimum absolute atomic E-state index is 0.169. The van der Waals surface area contributed by atoms with Crippen LogP contribution in [0.3, 0.4) is 0 Å². The van der Waals surface area contributed by atoms with Gasteiger partial charge >= 0.3 is 5.97 Å². The predicted octanol–water partition coefficient (Wildman–Crippen LogP) is 1.90. The van der Waals surface area contributed by atoms with Crippen LogP contribution in [0.4, 0.5) is 0 Å². The Morgan fingerprint density at radius 1 is 1.59 bits per heavy atom. The molecule has 0 spiro atoms. The molecule has 1 aliphatic rings. The number of hydrogen-bond acceptors (Lipinski definition) is 5. The van der Waals surface area contributed by atoms with E-state index in [1.807, 2.05) is 13.8 Å². The number of aryl methyl sites for hydroxylation is 1. The van der Waals surface area contributed by atoms with Gasteiger partial charge in [-0.2, -0.15) is 0 Å². The fourth-order valence-corrected chi connectivity index (χ4v) is 1.66. The maximum atomic E-state index is 11.6. The lowest BCUT2D eigenvalue weighted by Crippen LogP contribution is -2.25. The van der Waals surface area contributed by atoms with Gasteiger partial charge in [0.2, 0.25) is 5.76 Å². The van der Waals surface area contributed by atoms with E-state index in [1.165, 1.54) is 6.26 Å². The summed E-state index contributed by atoms with van der Waals surface area (Å²) in [6, 6.07) is 1.72. The van der Waals surface area contributed by atoms with E-state index >= 15 is 0 Å². The van der Waals surface area contributed by atoms with Crippen LogP contribution in [0.15, 0.2) is 16.7 Å². The van der Waals surface area contributed by atoms with E-state index in [0.29, 0.717) is 6.61 Å². The molecule has 1 saturated heterocycles. The third-order valence-corrected chi connectivity index (χ3v) is 2.52. The Bertz CT molecular complexity index is 407. The molecule has 2 heterocycles. The highest BCUT2D eigenvalue weighted by Gasteiger charge is 2.33. The third kappa shape index (κ3) is 2.87. The van der Waals surface area contributed by atoms with Crippen LogP contribution in [-0.2, 0) is 14.2 Å². The summed E-state index contributed by atoms with van der Waals surface area (Å²) in [6.07, 6.45) is 1.24. The van der Waals surface area contributed by atoms with Gasteiger partial charge in [-0.25, -0.2) is 4.79 Å². The highest BCUT2D eigenvalue weighted by molar-refractivity contribution is 5.87. The van der Waals surface area contributed by atoms with E-state index in [2.05, 4.69) is 0 Å². The molecule has 1 aromatic rings. The predicted molar refractivity (Wildman–Crippen MR) is 58.6 cm³/mol. The highest BCUT2D eigenvalue weighted by atomic mass is 16.7. The Balaban J connectivity index is 1.84. The van der Waals surface area contributed by atoms with Gasteiger partial charge in [0.1, 0.15) is 12.7 Å². The lowest BCUT2D eigenvalue weighted by molar-refractivity contribution is -0.142. The first kappa shape index (κ1) is 12.1. The summed E-state index contributed by atoms with van der Waals surface area (Å²) in [5, 5.41) is 0. The molecule has 0 amide bonds. The molecule has 5 nitrogen and oxygen atoms in total. The van der Waals surface area contributed by atoms with E-state index < -0.39 is 11.8 Å². The average Bonchev–Trinajstić information content (AvgIpc) is 2.81. The molecule has 0 radical (unpaired) electrons. The Kier molecular flexibility index (Phi) is 3.22. The second-order valence-electron chi connectivity index (χ2n) is 4.48. The van der Waals surface area contributed by atoms with Gasteiger partial charge in [0.25, 0.3) is 0 Å². The second kappa shape index (κ2) is 4.50. The summed E-state index contributed by atoms with van der Waals surface area (Å²) in [5.41, 5.74) is 0.763. The van der Waals surface area contributed by atoms with Gasteiger partial charge in [0, 0.05) is 5.56 Å². The molecule has 0 saturated carbocycles. The van der Waals surface area contributed by atoms with Gasteiger partial charge in [-0.3, -0.25) is 0 Å². The maximum Gasteiger partial charge on any atom is 0.374 e. The molecule has 2 rings (SSSR count).